The topological polar surface area (TPSA) is 90.1 Å². The number of alkyl halides is 3. The van der Waals surface area contributed by atoms with Crippen LogP contribution in [0.1, 0.15) is 48.8 Å². The highest BCUT2D eigenvalue weighted by Gasteiger charge is 2.39. The Bertz CT molecular complexity index is 1870. The van der Waals surface area contributed by atoms with Gasteiger partial charge >= 0.3 is 6.18 Å². The van der Waals surface area contributed by atoms with Crippen LogP contribution >= 0.6 is 11.3 Å². The number of benzene rings is 2. The molecule has 2 aliphatic heterocycles. The third-order valence-corrected chi connectivity index (χ3v) is 9.58. The van der Waals surface area contributed by atoms with Crippen LogP contribution in [0, 0.1) is 6.92 Å². The predicted molar refractivity (Wildman–Crippen MR) is 167 cm³/mol. The lowest BCUT2D eigenvalue weighted by molar-refractivity contribution is -0.136. The number of halogens is 3. The van der Waals surface area contributed by atoms with Gasteiger partial charge in [0.1, 0.15) is 0 Å². The molecule has 2 aromatic carbocycles. The standard InChI is InChI=1S/C32H32F3N7O2S/c1-19-22(20-4-6-21(7-5-20)40-11-13-44-14-12-40)16-24(32(33,34)35)23-17-42(39-26(19)23)28(29(43)38-30-36-10-15-45-30)27-25-8-9-31(2,3)41(25)18-37-27/h4-7,10,15-18,28H,8-9,11-14H2,1-3H3,(H,36,38,43). The second-order valence-electron chi connectivity index (χ2n) is 12.1. The minimum atomic E-state index is -4.65. The van der Waals surface area contributed by atoms with Crippen LogP contribution in [0.4, 0.5) is 24.0 Å². The average molecular weight is 636 g/mol. The summed E-state index contributed by atoms with van der Waals surface area (Å²) in [6, 6.07) is 7.62. The van der Waals surface area contributed by atoms with Crippen molar-refractivity contribution in [3.63, 3.8) is 0 Å². The van der Waals surface area contributed by atoms with Gasteiger partial charge in [-0.15, -0.1) is 11.3 Å². The Morgan fingerprint density at radius 1 is 1.13 bits per heavy atom. The van der Waals surface area contributed by atoms with Crippen molar-refractivity contribution in [1.29, 1.82) is 0 Å². The largest absolute Gasteiger partial charge is 0.417 e. The third-order valence-electron chi connectivity index (χ3n) is 8.89. The number of hydrogen-bond donors (Lipinski definition) is 1. The number of ether oxygens (including phenoxy) is 1. The van der Waals surface area contributed by atoms with Gasteiger partial charge in [-0.25, -0.2) is 9.97 Å². The molecule has 1 N–H and O–H groups in total. The number of amides is 1. The first-order valence-corrected chi connectivity index (χ1v) is 15.7. The first-order valence-electron chi connectivity index (χ1n) is 14.8. The Morgan fingerprint density at radius 3 is 2.58 bits per heavy atom. The van der Waals surface area contributed by atoms with Gasteiger partial charge in [-0.05, 0) is 68.5 Å². The smallest absolute Gasteiger partial charge is 0.378 e. The highest BCUT2D eigenvalue weighted by atomic mass is 32.1. The van der Waals surface area contributed by atoms with E-state index in [2.05, 4.69) is 34.0 Å². The summed E-state index contributed by atoms with van der Waals surface area (Å²) in [5.74, 6) is -0.478. The predicted octanol–water partition coefficient (Wildman–Crippen LogP) is 6.43. The Hall–Kier alpha value is -4.23. The Labute approximate surface area is 261 Å². The van der Waals surface area contributed by atoms with Gasteiger partial charge in [-0.1, -0.05) is 12.1 Å². The fraction of sp³-hybridized carbons (Fsp3) is 0.375. The average Bonchev–Trinajstić information content (AvgIpc) is 3.81. The third kappa shape index (κ3) is 5.27. The summed E-state index contributed by atoms with van der Waals surface area (Å²) in [6.45, 7) is 8.75. The molecule has 1 atom stereocenters. The number of anilines is 2. The summed E-state index contributed by atoms with van der Waals surface area (Å²) in [5, 5.41) is 9.56. The van der Waals surface area contributed by atoms with Gasteiger partial charge in [0, 0.05) is 53.2 Å². The zero-order chi connectivity index (χ0) is 31.5. The van der Waals surface area contributed by atoms with Crippen LogP contribution in [-0.4, -0.2) is 56.5 Å². The Balaban J connectivity index is 1.35. The number of hydrogen-bond acceptors (Lipinski definition) is 7. The molecular weight excluding hydrogens is 603 g/mol. The highest BCUT2D eigenvalue weighted by Crippen LogP contribution is 2.42. The summed E-state index contributed by atoms with van der Waals surface area (Å²) >= 11 is 1.25. The molecule has 1 unspecified atom stereocenters. The number of carbonyl (C=O) groups excluding carboxylic acids is 1. The van der Waals surface area contributed by atoms with E-state index in [9.17, 15) is 18.0 Å². The summed E-state index contributed by atoms with van der Waals surface area (Å²) < 4.78 is 52.8. The van der Waals surface area contributed by atoms with E-state index in [-0.39, 0.29) is 16.4 Å². The van der Waals surface area contributed by atoms with Crippen LogP contribution < -0.4 is 10.2 Å². The van der Waals surface area contributed by atoms with Crippen LogP contribution in [0.2, 0.25) is 0 Å². The number of morpholine rings is 1. The first-order chi connectivity index (χ1) is 21.5. The molecule has 3 aromatic heterocycles. The Kier molecular flexibility index (Phi) is 7.20. The number of aromatic nitrogens is 5. The van der Waals surface area contributed by atoms with Crippen molar-refractivity contribution in [2.45, 2.75) is 51.4 Å². The summed E-state index contributed by atoms with van der Waals surface area (Å²) in [7, 11) is 0. The van der Waals surface area contributed by atoms with Gasteiger partial charge < -0.3 is 14.2 Å². The molecule has 7 rings (SSSR count). The fourth-order valence-electron chi connectivity index (χ4n) is 6.42. The summed E-state index contributed by atoms with van der Waals surface area (Å²) in [5.41, 5.74) is 3.17. The van der Waals surface area contributed by atoms with Gasteiger partial charge in [-0.3, -0.25) is 14.8 Å². The van der Waals surface area contributed by atoms with Crippen LogP contribution in [-0.2, 0) is 27.7 Å². The van der Waals surface area contributed by atoms with E-state index in [0.717, 1.165) is 30.9 Å². The number of nitrogens with zero attached hydrogens (tertiary/aromatic N) is 6. The van der Waals surface area contributed by atoms with Gasteiger partial charge in [0.2, 0.25) is 0 Å². The molecule has 5 heterocycles. The molecule has 0 aliphatic carbocycles. The van der Waals surface area contributed by atoms with E-state index in [4.69, 9.17) is 9.84 Å². The van der Waals surface area contributed by atoms with Crippen LogP contribution in [0.15, 0.2) is 54.4 Å². The Morgan fingerprint density at radius 2 is 1.89 bits per heavy atom. The number of aryl methyl sites for hydroxylation is 1. The number of rotatable bonds is 6. The maximum atomic E-state index is 14.7. The molecule has 9 nitrogen and oxygen atoms in total. The van der Waals surface area contributed by atoms with Gasteiger partial charge in [-0.2, -0.15) is 18.3 Å². The second kappa shape index (κ2) is 11.0. The number of fused-ring (bicyclic) bond motifs is 2. The molecule has 1 amide bonds. The van der Waals surface area contributed by atoms with Crippen molar-refractivity contribution in [2.75, 3.05) is 36.5 Å². The lowest BCUT2D eigenvalue weighted by Gasteiger charge is -2.29. The van der Waals surface area contributed by atoms with Crippen molar-refractivity contribution in [1.82, 2.24) is 24.3 Å². The quantitative estimate of drug-likeness (QED) is 0.231. The van der Waals surface area contributed by atoms with Crippen molar-refractivity contribution < 1.29 is 22.7 Å². The van der Waals surface area contributed by atoms with E-state index >= 15 is 0 Å². The summed E-state index contributed by atoms with van der Waals surface area (Å²) in [6.07, 6.45) is 1.49. The number of nitrogens with one attached hydrogen (secondary N) is 1. The first kappa shape index (κ1) is 29.5. The SMILES string of the molecule is Cc1c(-c2ccc(N3CCOCC3)cc2)cc(C(F)(F)F)c2cn(C(C(=O)Nc3nccs3)c3ncn4c3CCC4(C)C)nc12. The van der Waals surface area contributed by atoms with Gasteiger partial charge in [0.15, 0.2) is 11.2 Å². The zero-order valence-electron chi connectivity index (χ0n) is 25.1. The summed E-state index contributed by atoms with van der Waals surface area (Å²) in [4.78, 5) is 24.9. The number of carbonyl (C=O) groups is 1. The molecule has 45 heavy (non-hydrogen) atoms. The number of imidazole rings is 1. The molecular formula is C32H32F3N7O2S. The van der Waals surface area contributed by atoms with E-state index in [1.165, 1.54) is 28.3 Å². The molecule has 0 bridgehead atoms. The van der Waals surface area contributed by atoms with Crippen LogP contribution in [0.25, 0.3) is 22.0 Å². The fourth-order valence-corrected chi connectivity index (χ4v) is 6.95. The second-order valence-corrected chi connectivity index (χ2v) is 13.0. The van der Waals surface area contributed by atoms with E-state index in [1.807, 2.05) is 28.8 Å². The maximum absolute atomic E-state index is 14.7. The number of thiazole rings is 1. The normalized spacial score (nSPS) is 17.1. The lowest BCUT2D eigenvalue weighted by atomic mass is 9.94. The maximum Gasteiger partial charge on any atom is 0.417 e. The van der Waals surface area contributed by atoms with Crippen LogP contribution in [0.5, 0.6) is 0 Å². The van der Waals surface area contributed by atoms with E-state index in [1.54, 1.807) is 24.8 Å². The van der Waals surface area contributed by atoms with Crippen molar-refractivity contribution in [3.05, 3.63) is 76.9 Å². The van der Waals surface area contributed by atoms with Gasteiger partial charge in [0.25, 0.3) is 5.91 Å². The van der Waals surface area contributed by atoms with Crippen molar-refractivity contribution >= 4 is 39.0 Å². The molecule has 234 valence electrons. The molecule has 1 fully saturated rings. The van der Waals surface area contributed by atoms with E-state index in [0.29, 0.717) is 47.2 Å². The van der Waals surface area contributed by atoms with Crippen molar-refractivity contribution in [3.8, 4) is 11.1 Å². The minimum Gasteiger partial charge on any atom is -0.378 e. The zero-order valence-corrected chi connectivity index (χ0v) is 25.9. The van der Waals surface area contributed by atoms with Crippen molar-refractivity contribution in [2.24, 2.45) is 0 Å². The molecule has 2 aliphatic rings. The minimum absolute atomic E-state index is 0.0723. The monoisotopic (exact) mass is 635 g/mol. The van der Waals surface area contributed by atoms with E-state index < -0.39 is 23.7 Å². The molecule has 5 aromatic rings. The molecule has 0 spiro atoms. The molecule has 1 saturated heterocycles. The lowest BCUT2D eigenvalue weighted by Crippen LogP contribution is -2.36. The molecule has 0 radical (unpaired) electrons. The van der Waals surface area contributed by atoms with Gasteiger partial charge in [0.05, 0.1) is 36.3 Å². The molecule has 13 heteroatoms. The highest BCUT2D eigenvalue weighted by molar-refractivity contribution is 7.13. The van der Waals surface area contributed by atoms with Crippen LogP contribution in [0.3, 0.4) is 0 Å². The molecule has 0 saturated carbocycles.